The third-order valence-corrected chi connectivity index (χ3v) is 21.1. The molecule has 606 valence electrons. The van der Waals surface area contributed by atoms with Crippen LogP contribution in [0.3, 0.4) is 0 Å². The number of rotatable bonds is 87. The Morgan fingerprint density at radius 3 is 0.825 bits per heavy atom. The van der Waals surface area contributed by atoms with Gasteiger partial charge in [-0.05, 0) is 51.4 Å². The van der Waals surface area contributed by atoms with Crippen molar-refractivity contribution in [2.45, 2.75) is 489 Å². The van der Waals surface area contributed by atoms with Crippen LogP contribution in [0.5, 0.6) is 0 Å². The van der Waals surface area contributed by atoms with Crippen LogP contribution >= 0.6 is 0 Å². The van der Waals surface area contributed by atoms with Crippen LogP contribution in [-0.2, 0) is 33.3 Å². The standard InChI is InChI=1S/C94H177NO8/c1-6-8-10-12-14-16-18-20-22-24-26-28-30-32-34-36-38-40-42-44-45-46-47-49-51-53-55-57-59-61-63-65-67-69-71-73-75-77-79-81-83-85-92(97)103-90(89-102-94(93(98)99)100-87-86-95(3,4)5)88-101-91(96)84-82-80-78-76-74-72-70-68-66-64-62-60-58-56-54-52-50-48-43-41-39-37-35-33-31-29-27-25-23-21-19-17-15-13-11-9-7-2/h8,10,14,16,20,22,26,28,90,94H,6-7,9,11-13,15,17-19,21,23-25,27,29-89H2,1-5H3/b10-8-,16-14-,22-20-,28-26-. The Hall–Kier alpha value is -2.75. The summed E-state index contributed by atoms with van der Waals surface area (Å²) in [5.41, 5.74) is 0. The first-order valence-electron chi connectivity index (χ1n) is 45.8. The minimum Gasteiger partial charge on any atom is -0.545 e. The summed E-state index contributed by atoms with van der Waals surface area (Å²) < 4.78 is 22.9. The van der Waals surface area contributed by atoms with Crippen molar-refractivity contribution < 1.29 is 42.9 Å². The van der Waals surface area contributed by atoms with E-state index in [9.17, 15) is 19.5 Å². The molecule has 2 atom stereocenters. The lowest BCUT2D eigenvalue weighted by atomic mass is 10.0. The number of nitrogens with zero attached hydrogens (tertiary/aromatic N) is 1. The van der Waals surface area contributed by atoms with Crippen molar-refractivity contribution in [3.05, 3.63) is 48.6 Å². The van der Waals surface area contributed by atoms with E-state index in [1.165, 1.54) is 385 Å². The average molecular weight is 1450 g/mol. The molecule has 0 aliphatic rings. The van der Waals surface area contributed by atoms with Gasteiger partial charge in [-0.2, -0.15) is 0 Å². The van der Waals surface area contributed by atoms with Crippen LogP contribution in [0.1, 0.15) is 476 Å². The summed E-state index contributed by atoms with van der Waals surface area (Å²) >= 11 is 0. The van der Waals surface area contributed by atoms with Gasteiger partial charge in [0.2, 0.25) is 0 Å². The largest absolute Gasteiger partial charge is 0.545 e. The van der Waals surface area contributed by atoms with Gasteiger partial charge in [-0.25, -0.2) is 0 Å². The number of carboxylic acids is 1. The molecule has 0 heterocycles. The first-order chi connectivity index (χ1) is 50.6. The maximum Gasteiger partial charge on any atom is 0.306 e. The Morgan fingerprint density at radius 1 is 0.301 bits per heavy atom. The molecule has 0 amide bonds. The molecular formula is C94H177NO8. The van der Waals surface area contributed by atoms with E-state index < -0.39 is 24.3 Å². The monoisotopic (exact) mass is 1450 g/mol. The van der Waals surface area contributed by atoms with E-state index in [0.717, 1.165) is 64.2 Å². The van der Waals surface area contributed by atoms with Crippen molar-refractivity contribution in [1.82, 2.24) is 0 Å². The minimum atomic E-state index is -1.62. The van der Waals surface area contributed by atoms with Crippen molar-refractivity contribution >= 4 is 17.9 Å². The molecule has 9 nitrogen and oxygen atoms in total. The number of aliphatic carboxylic acids is 1. The van der Waals surface area contributed by atoms with Crippen LogP contribution in [-0.4, -0.2) is 82.3 Å². The van der Waals surface area contributed by atoms with Gasteiger partial charge in [0.05, 0.1) is 40.3 Å². The normalized spacial score (nSPS) is 12.7. The molecule has 0 aromatic carbocycles. The molecule has 103 heavy (non-hydrogen) atoms. The lowest BCUT2D eigenvalue weighted by Gasteiger charge is -2.26. The highest BCUT2D eigenvalue weighted by Gasteiger charge is 2.22. The molecule has 0 N–H and O–H groups in total. The zero-order chi connectivity index (χ0) is 74.6. The second kappa shape index (κ2) is 84.9. The van der Waals surface area contributed by atoms with Gasteiger partial charge in [-0.3, -0.25) is 9.59 Å². The third kappa shape index (κ3) is 86.4. The van der Waals surface area contributed by atoms with E-state index in [2.05, 4.69) is 62.5 Å². The number of unbranched alkanes of at least 4 members (excludes halogenated alkanes) is 64. The SMILES string of the molecule is CC/C=C\C/C=C\C/C=C\C/C=C\CCCCCCCCCCCCCCCCCCCCCCCCCCCCCCC(=O)OC(COC(=O)CCCCCCCCCCCCCCCCCCCCCCCCCCCCCCCCCCCCCCC)COC(OCC[N+](C)(C)C)C(=O)[O-]. The number of carbonyl (C=O) groups is 3. The summed E-state index contributed by atoms with van der Waals surface area (Å²) in [6.45, 7) is 4.73. The van der Waals surface area contributed by atoms with Crippen LogP contribution < -0.4 is 5.11 Å². The van der Waals surface area contributed by atoms with Crippen LogP contribution in [0, 0.1) is 0 Å². The lowest BCUT2D eigenvalue weighted by molar-refractivity contribution is -0.870. The molecule has 0 bridgehead atoms. The summed E-state index contributed by atoms with van der Waals surface area (Å²) in [5.74, 6) is -2.24. The Morgan fingerprint density at radius 2 is 0.553 bits per heavy atom. The van der Waals surface area contributed by atoms with Gasteiger partial charge < -0.3 is 33.3 Å². The van der Waals surface area contributed by atoms with Crippen molar-refractivity contribution in [1.29, 1.82) is 0 Å². The molecule has 0 aromatic rings. The van der Waals surface area contributed by atoms with E-state index in [-0.39, 0.29) is 32.2 Å². The van der Waals surface area contributed by atoms with Gasteiger partial charge in [0.15, 0.2) is 12.4 Å². The van der Waals surface area contributed by atoms with E-state index in [0.29, 0.717) is 17.4 Å². The van der Waals surface area contributed by atoms with Gasteiger partial charge >= 0.3 is 11.9 Å². The zero-order valence-electron chi connectivity index (χ0n) is 69.7. The van der Waals surface area contributed by atoms with Crippen LogP contribution in [0.25, 0.3) is 0 Å². The van der Waals surface area contributed by atoms with Crippen molar-refractivity contribution in [2.24, 2.45) is 0 Å². The van der Waals surface area contributed by atoms with E-state index in [1.807, 2.05) is 21.1 Å². The number of ether oxygens (including phenoxy) is 4. The number of carboxylic acid groups (broad SMARTS) is 1. The molecular weight excluding hydrogens is 1270 g/mol. The summed E-state index contributed by atoms with van der Waals surface area (Å²) in [5, 5.41) is 11.9. The van der Waals surface area contributed by atoms with E-state index in [1.54, 1.807) is 0 Å². The maximum atomic E-state index is 13.0. The Labute approximate surface area is 642 Å². The molecule has 0 aromatic heterocycles. The molecule has 0 saturated carbocycles. The van der Waals surface area contributed by atoms with Crippen molar-refractivity contribution in [2.75, 3.05) is 47.5 Å². The summed E-state index contributed by atoms with van der Waals surface area (Å²) in [6.07, 6.45) is 110. The van der Waals surface area contributed by atoms with Gasteiger partial charge in [0.25, 0.3) is 0 Å². The lowest BCUT2D eigenvalue weighted by Crippen LogP contribution is -2.44. The Kier molecular flexibility index (Phi) is 82.6. The van der Waals surface area contributed by atoms with Gasteiger partial charge in [0.1, 0.15) is 13.2 Å². The molecule has 0 rings (SSSR count). The fourth-order valence-corrected chi connectivity index (χ4v) is 14.2. The highest BCUT2D eigenvalue weighted by Crippen LogP contribution is 2.21. The Bertz CT molecular complexity index is 1840. The average Bonchev–Trinajstić information content (AvgIpc) is 1.01. The summed E-state index contributed by atoms with van der Waals surface area (Å²) in [6, 6.07) is 0. The van der Waals surface area contributed by atoms with Gasteiger partial charge in [-0.15, -0.1) is 0 Å². The molecule has 2 unspecified atom stereocenters. The number of carbonyl (C=O) groups excluding carboxylic acids is 3. The summed E-state index contributed by atoms with van der Waals surface area (Å²) in [4.78, 5) is 37.7. The Balaban J connectivity index is 3.87. The zero-order valence-corrected chi connectivity index (χ0v) is 69.7. The molecule has 0 radical (unpaired) electrons. The molecule has 0 spiro atoms. The van der Waals surface area contributed by atoms with E-state index in [4.69, 9.17) is 18.9 Å². The number of allylic oxidation sites excluding steroid dienone is 8. The van der Waals surface area contributed by atoms with Crippen molar-refractivity contribution in [3.8, 4) is 0 Å². The fourth-order valence-electron chi connectivity index (χ4n) is 14.2. The predicted octanol–water partition coefficient (Wildman–Crippen LogP) is 28.6. The molecule has 9 heteroatoms. The maximum absolute atomic E-state index is 13.0. The van der Waals surface area contributed by atoms with Crippen LogP contribution in [0.4, 0.5) is 0 Å². The highest BCUT2D eigenvalue weighted by atomic mass is 16.7. The first-order valence-corrected chi connectivity index (χ1v) is 45.8. The van der Waals surface area contributed by atoms with Crippen molar-refractivity contribution in [3.63, 3.8) is 0 Å². The topological polar surface area (TPSA) is 111 Å². The highest BCUT2D eigenvalue weighted by molar-refractivity contribution is 5.70. The molecule has 0 aliphatic heterocycles. The second-order valence-electron chi connectivity index (χ2n) is 32.6. The smallest absolute Gasteiger partial charge is 0.306 e. The molecule has 0 saturated heterocycles. The minimum absolute atomic E-state index is 0.152. The second-order valence-corrected chi connectivity index (χ2v) is 32.6. The number of esters is 2. The number of likely N-dealkylation sites (N-methyl/N-ethyl adjacent to an activating group) is 1. The third-order valence-electron chi connectivity index (χ3n) is 21.1. The number of hydrogen-bond acceptors (Lipinski definition) is 8. The number of quaternary nitrogens is 1. The molecule has 0 fully saturated rings. The fraction of sp³-hybridized carbons (Fsp3) is 0.883. The van der Waals surface area contributed by atoms with E-state index >= 15 is 0 Å². The van der Waals surface area contributed by atoms with Crippen LogP contribution in [0.2, 0.25) is 0 Å². The summed E-state index contributed by atoms with van der Waals surface area (Å²) in [7, 11) is 5.96. The first kappa shape index (κ1) is 100. The predicted molar refractivity (Wildman–Crippen MR) is 445 cm³/mol. The quantitative estimate of drug-likeness (QED) is 0.0195. The van der Waals surface area contributed by atoms with Gasteiger partial charge in [-0.1, -0.05) is 461 Å². The van der Waals surface area contributed by atoms with Crippen LogP contribution in [0.15, 0.2) is 48.6 Å². The van der Waals surface area contributed by atoms with Gasteiger partial charge in [0, 0.05) is 12.8 Å². The molecule has 0 aliphatic carbocycles. The number of hydrogen-bond donors (Lipinski definition) is 0.